The summed E-state index contributed by atoms with van der Waals surface area (Å²) in [7, 11) is -4.67. The van der Waals surface area contributed by atoms with Crippen LogP contribution < -0.4 is 33.6 Å². The predicted octanol–water partition coefficient (Wildman–Crippen LogP) is -6.34. The molecule has 172 valence electrons. The van der Waals surface area contributed by atoms with E-state index in [0.29, 0.717) is 13.1 Å². The number of rotatable bonds is 12. The molecule has 0 saturated carbocycles. The van der Waals surface area contributed by atoms with E-state index < -0.39 is 45.9 Å². The Labute approximate surface area is 166 Å². The van der Waals surface area contributed by atoms with Crippen LogP contribution in [0.25, 0.3) is 0 Å². The molecular formula is C12H28N6O10S. The molecule has 0 aliphatic heterocycles. The summed E-state index contributed by atoms with van der Waals surface area (Å²) in [6.45, 7) is 0.624. The third kappa shape index (κ3) is 25.6. The molecule has 0 bridgehead atoms. The average molecular weight is 448 g/mol. The van der Waals surface area contributed by atoms with Crippen molar-refractivity contribution < 1.29 is 46.9 Å². The molecule has 0 spiro atoms. The van der Waals surface area contributed by atoms with E-state index in [4.69, 9.17) is 50.7 Å². The van der Waals surface area contributed by atoms with Gasteiger partial charge < -0.3 is 43.8 Å². The molecule has 0 unspecified atom stereocenters. The molecule has 0 rings (SSSR count). The standard InChI is InChI=1S/2C6H13N3O3.H2O4S/c2*7-5(11)4(6(8)12)3-9-1-2-10;1-5(2,3)4/h2*4,9-10H,1-3H2,(H2,7,11)(H2,8,12);(H2,1,2,3,4). The van der Waals surface area contributed by atoms with E-state index in [1.807, 2.05) is 0 Å². The number of carbonyl (C=O) groups is 4. The molecule has 0 radical (unpaired) electrons. The van der Waals surface area contributed by atoms with E-state index in [9.17, 15) is 19.2 Å². The minimum absolute atomic E-state index is 0.0652. The lowest BCUT2D eigenvalue weighted by molar-refractivity contribution is -0.133. The largest absolute Gasteiger partial charge is 0.395 e. The van der Waals surface area contributed by atoms with Crippen LogP contribution in [0.3, 0.4) is 0 Å². The van der Waals surface area contributed by atoms with Crippen molar-refractivity contribution in [3.05, 3.63) is 0 Å². The summed E-state index contributed by atoms with van der Waals surface area (Å²) < 4.78 is 31.6. The second kappa shape index (κ2) is 17.7. The van der Waals surface area contributed by atoms with Crippen LogP contribution >= 0.6 is 0 Å². The lowest BCUT2D eigenvalue weighted by atomic mass is 10.1. The highest BCUT2D eigenvalue weighted by molar-refractivity contribution is 7.79. The van der Waals surface area contributed by atoms with Gasteiger partial charge in [0.15, 0.2) is 0 Å². The molecular weight excluding hydrogens is 420 g/mol. The Balaban J connectivity index is -0.000000380. The van der Waals surface area contributed by atoms with E-state index >= 15 is 0 Å². The quantitative estimate of drug-likeness (QED) is 0.0756. The molecule has 0 atom stereocenters. The monoisotopic (exact) mass is 448 g/mol. The summed E-state index contributed by atoms with van der Waals surface area (Å²) in [6, 6.07) is 0. The Morgan fingerprint density at radius 2 is 0.897 bits per heavy atom. The Kier molecular flexibility index (Phi) is 19.1. The predicted molar refractivity (Wildman–Crippen MR) is 97.8 cm³/mol. The number of carbonyl (C=O) groups excluding carboxylic acids is 4. The SMILES string of the molecule is NC(=O)C(CNCCO)C(N)=O.NC(=O)C(CNCCO)C(N)=O.O=S(=O)(O)O. The fraction of sp³-hybridized carbons (Fsp3) is 0.667. The normalized spacial score (nSPS) is 10.4. The minimum Gasteiger partial charge on any atom is -0.395 e. The van der Waals surface area contributed by atoms with Gasteiger partial charge in [-0.15, -0.1) is 0 Å². The van der Waals surface area contributed by atoms with Crippen LogP contribution in [-0.2, 0) is 29.6 Å². The van der Waals surface area contributed by atoms with E-state index in [1.54, 1.807) is 0 Å². The first-order chi connectivity index (χ1) is 13.2. The van der Waals surface area contributed by atoms with Crippen molar-refractivity contribution in [2.75, 3.05) is 39.4 Å². The van der Waals surface area contributed by atoms with E-state index in [0.717, 1.165) is 0 Å². The lowest BCUT2D eigenvalue weighted by Gasteiger charge is -2.09. The van der Waals surface area contributed by atoms with Gasteiger partial charge in [0.25, 0.3) is 0 Å². The van der Waals surface area contributed by atoms with Crippen molar-refractivity contribution in [3.63, 3.8) is 0 Å². The molecule has 0 aromatic carbocycles. The summed E-state index contributed by atoms with van der Waals surface area (Å²) in [5, 5.41) is 22.0. The highest BCUT2D eigenvalue weighted by Crippen LogP contribution is 1.91. The number of aliphatic hydroxyl groups excluding tert-OH is 2. The van der Waals surface area contributed by atoms with Crippen LogP contribution in [-0.4, -0.2) is 90.8 Å². The molecule has 0 heterocycles. The van der Waals surface area contributed by atoms with Crippen LogP contribution in [0.15, 0.2) is 0 Å². The highest BCUT2D eigenvalue weighted by Gasteiger charge is 2.21. The number of hydrogen-bond donors (Lipinski definition) is 10. The molecule has 0 aliphatic carbocycles. The zero-order valence-corrected chi connectivity index (χ0v) is 16.2. The first kappa shape index (κ1) is 31.3. The average Bonchev–Trinajstić information content (AvgIpc) is 2.53. The summed E-state index contributed by atoms with van der Waals surface area (Å²) >= 11 is 0. The minimum atomic E-state index is -4.67. The maximum atomic E-state index is 10.6. The molecule has 14 N–H and O–H groups in total. The molecule has 0 aromatic heterocycles. The van der Waals surface area contributed by atoms with Gasteiger partial charge >= 0.3 is 10.4 Å². The molecule has 4 amide bonds. The van der Waals surface area contributed by atoms with Crippen LogP contribution in [0.2, 0.25) is 0 Å². The second-order valence-corrected chi connectivity index (χ2v) is 5.91. The van der Waals surface area contributed by atoms with Crippen molar-refractivity contribution in [1.29, 1.82) is 0 Å². The molecule has 0 aliphatic rings. The van der Waals surface area contributed by atoms with Crippen LogP contribution in [0.4, 0.5) is 0 Å². The zero-order chi connectivity index (χ0) is 23.6. The third-order valence-electron chi connectivity index (χ3n) is 2.65. The number of hydrogen-bond acceptors (Lipinski definition) is 10. The Morgan fingerprint density at radius 3 is 1.03 bits per heavy atom. The maximum absolute atomic E-state index is 10.6. The van der Waals surface area contributed by atoms with Gasteiger partial charge in [0.2, 0.25) is 23.6 Å². The number of primary amides is 4. The Bertz CT molecular complexity index is 540. The number of nitrogens with one attached hydrogen (secondary N) is 2. The Morgan fingerprint density at radius 1 is 0.690 bits per heavy atom. The molecule has 16 nitrogen and oxygen atoms in total. The summed E-state index contributed by atoms with van der Waals surface area (Å²) in [5.41, 5.74) is 19.5. The first-order valence-corrected chi connectivity index (χ1v) is 9.08. The van der Waals surface area contributed by atoms with Gasteiger partial charge in [-0.05, 0) is 0 Å². The van der Waals surface area contributed by atoms with Gasteiger partial charge in [-0.25, -0.2) is 0 Å². The third-order valence-corrected chi connectivity index (χ3v) is 2.65. The van der Waals surface area contributed by atoms with Gasteiger partial charge in [0, 0.05) is 26.2 Å². The van der Waals surface area contributed by atoms with E-state index in [1.165, 1.54) is 0 Å². The van der Waals surface area contributed by atoms with Crippen molar-refractivity contribution in [3.8, 4) is 0 Å². The molecule has 0 fully saturated rings. The smallest absolute Gasteiger partial charge is 0.394 e. The zero-order valence-electron chi connectivity index (χ0n) is 15.4. The van der Waals surface area contributed by atoms with Crippen molar-refractivity contribution in [1.82, 2.24) is 10.6 Å². The summed E-state index contributed by atoms with van der Waals surface area (Å²) in [4.78, 5) is 42.2. The molecule has 29 heavy (non-hydrogen) atoms. The van der Waals surface area contributed by atoms with Gasteiger partial charge in [0.05, 0.1) is 13.2 Å². The summed E-state index contributed by atoms with van der Waals surface area (Å²) in [5.74, 6) is -5.03. The van der Waals surface area contributed by atoms with Crippen molar-refractivity contribution >= 4 is 34.0 Å². The number of nitrogens with two attached hydrogens (primary N) is 4. The highest BCUT2D eigenvalue weighted by atomic mass is 32.3. The van der Waals surface area contributed by atoms with Crippen molar-refractivity contribution in [2.45, 2.75) is 0 Å². The topological polar surface area (TPSA) is 311 Å². The fourth-order valence-electron chi connectivity index (χ4n) is 1.33. The number of aliphatic hydroxyl groups is 2. The van der Waals surface area contributed by atoms with Gasteiger partial charge in [-0.3, -0.25) is 28.3 Å². The van der Waals surface area contributed by atoms with Gasteiger partial charge in [0.1, 0.15) is 11.8 Å². The van der Waals surface area contributed by atoms with E-state index in [2.05, 4.69) is 10.6 Å². The second-order valence-electron chi connectivity index (χ2n) is 5.02. The van der Waals surface area contributed by atoms with Gasteiger partial charge in [-0.2, -0.15) is 8.42 Å². The molecule has 17 heteroatoms. The van der Waals surface area contributed by atoms with Crippen molar-refractivity contribution in [2.24, 2.45) is 34.8 Å². The molecule has 0 saturated heterocycles. The number of amides is 4. The van der Waals surface area contributed by atoms with Crippen LogP contribution in [0, 0.1) is 11.8 Å². The lowest BCUT2D eigenvalue weighted by Crippen LogP contribution is -2.42. The Hall–Kier alpha value is -2.41. The van der Waals surface area contributed by atoms with Gasteiger partial charge in [-0.1, -0.05) is 0 Å². The molecule has 0 aromatic rings. The van der Waals surface area contributed by atoms with E-state index in [-0.39, 0.29) is 26.3 Å². The fourth-order valence-corrected chi connectivity index (χ4v) is 1.33. The maximum Gasteiger partial charge on any atom is 0.394 e. The van der Waals surface area contributed by atoms with Crippen LogP contribution in [0.1, 0.15) is 0 Å². The van der Waals surface area contributed by atoms with Crippen LogP contribution in [0.5, 0.6) is 0 Å². The first-order valence-electron chi connectivity index (χ1n) is 7.69. The summed E-state index contributed by atoms with van der Waals surface area (Å²) in [6.07, 6.45) is 0.